The van der Waals surface area contributed by atoms with E-state index in [4.69, 9.17) is 10.5 Å². The zero-order valence-electron chi connectivity index (χ0n) is 9.43. The van der Waals surface area contributed by atoms with Gasteiger partial charge in [-0.3, -0.25) is 0 Å². The summed E-state index contributed by atoms with van der Waals surface area (Å²) >= 11 is 0. The molecule has 1 aliphatic heterocycles. The van der Waals surface area contributed by atoms with E-state index in [1.165, 1.54) is 18.2 Å². The first-order valence-corrected chi connectivity index (χ1v) is 5.63. The van der Waals surface area contributed by atoms with Gasteiger partial charge in [-0.05, 0) is 25.0 Å². The normalized spacial score (nSPS) is 16.9. The van der Waals surface area contributed by atoms with Crippen LogP contribution in [0.15, 0.2) is 24.3 Å². The van der Waals surface area contributed by atoms with Gasteiger partial charge in [-0.2, -0.15) is 0 Å². The summed E-state index contributed by atoms with van der Waals surface area (Å²) in [7, 11) is 0. The van der Waals surface area contributed by atoms with E-state index in [1.54, 1.807) is 11.0 Å². The fourth-order valence-electron chi connectivity index (χ4n) is 1.78. The molecule has 4 nitrogen and oxygen atoms in total. The van der Waals surface area contributed by atoms with Gasteiger partial charge in [0.1, 0.15) is 11.6 Å². The van der Waals surface area contributed by atoms with Crippen LogP contribution in [0.2, 0.25) is 0 Å². The quantitative estimate of drug-likeness (QED) is 0.810. The maximum absolute atomic E-state index is 12.9. The molecule has 1 saturated heterocycles. The first-order valence-electron chi connectivity index (χ1n) is 5.63. The Hall–Kier alpha value is -1.62. The van der Waals surface area contributed by atoms with E-state index in [1.807, 2.05) is 0 Å². The molecular formula is C12H15FN2O2. The number of carbonyl (C=O) groups is 1. The predicted molar refractivity (Wildman–Crippen MR) is 61.2 cm³/mol. The van der Waals surface area contributed by atoms with Gasteiger partial charge in [0.25, 0.3) is 0 Å². The molecule has 5 heteroatoms. The third-order valence-corrected chi connectivity index (χ3v) is 2.80. The molecule has 2 rings (SSSR count). The minimum atomic E-state index is -0.442. The molecule has 0 radical (unpaired) electrons. The van der Waals surface area contributed by atoms with Crippen LogP contribution in [0.5, 0.6) is 5.75 Å². The number of nitrogens with zero attached hydrogens (tertiary/aromatic N) is 1. The fraction of sp³-hybridized carbons (Fsp3) is 0.417. The molecule has 1 amide bonds. The van der Waals surface area contributed by atoms with Crippen molar-refractivity contribution in [2.24, 2.45) is 5.73 Å². The minimum absolute atomic E-state index is 0.160. The van der Waals surface area contributed by atoms with Gasteiger partial charge >= 0.3 is 6.09 Å². The Morgan fingerprint density at radius 3 is 2.76 bits per heavy atom. The predicted octanol–water partition coefficient (Wildman–Crippen LogP) is 1.75. The molecule has 0 atom stereocenters. The Labute approximate surface area is 99.2 Å². The number of hydrogen-bond acceptors (Lipinski definition) is 3. The van der Waals surface area contributed by atoms with E-state index in [0.29, 0.717) is 13.1 Å². The van der Waals surface area contributed by atoms with E-state index in [9.17, 15) is 9.18 Å². The van der Waals surface area contributed by atoms with Gasteiger partial charge in [-0.25, -0.2) is 9.18 Å². The molecule has 0 spiro atoms. The van der Waals surface area contributed by atoms with Gasteiger partial charge in [0.2, 0.25) is 0 Å². The summed E-state index contributed by atoms with van der Waals surface area (Å²) in [5.74, 6) is -0.194. The number of rotatable bonds is 1. The molecule has 0 aliphatic carbocycles. The summed E-state index contributed by atoms with van der Waals surface area (Å²) in [4.78, 5) is 13.3. The van der Waals surface area contributed by atoms with Crippen molar-refractivity contribution in [1.29, 1.82) is 0 Å². The second-order valence-corrected chi connectivity index (χ2v) is 4.15. The van der Waals surface area contributed by atoms with E-state index < -0.39 is 11.9 Å². The average molecular weight is 238 g/mol. The Bertz CT molecular complexity index is 403. The summed E-state index contributed by atoms with van der Waals surface area (Å²) in [6, 6.07) is 5.71. The second kappa shape index (κ2) is 5.14. The Morgan fingerprint density at radius 2 is 2.12 bits per heavy atom. The van der Waals surface area contributed by atoms with E-state index in [-0.39, 0.29) is 11.8 Å². The van der Waals surface area contributed by atoms with Gasteiger partial charge in [0, 0.05) is 25.2 Å². The van der Waals surface area contributed by atoms with Crippen LogP contribution in [0, 0.1) is 5.82 Å². The van der Waals surface area contributed by atoms with Crippen molar-refractivity contribution in [2.75, 3.05) is 13.1 Å². The highest BCUT2D eigenvalue weighted by atomic mass is 19.1. The van der Waals surface area contributed by atoms with Crippen molar-refractivity contribution in [3.63, 3.8) is 0 Å². The lowest BCUT2D eigenvalue weighted by atomic mass is 10.1. The number of carbonyl (C=O) groups excluding carboxylic acids is 1. The van der Waals surface area contributed by atoms with Crippen molar-refractivity contribution >= 4 is 6.09 Å². The largest absolute Gasteiger partial charge is 0.415 e. The van der Waals surface area contributed by atoms with E-state index >= 15 is 0 Å². The van der Waals surface area contributed by atoms with Crippen LogP contribution < -0.4 is 10.5 Å². The van der Waals surface area contributed by atoms with Gasteiger partial charge < -0.3 is 15.4 Å². The summed E-state index contributed by atoms with van der Waals surface area (Å²) < 4.78 is 18.0. The van der Waals surface area contributed by atoms with Crippen molar-refractivity contribution in [2.45, 2.75) is 18.9 Å². The smallest absolute Gasteiger partial charge is 0.410 e. The summed E-state index contributed by atoms with van der Waals surface area (Å²) in [5, 5.41) is 0. The highest BCUT2D eigenvalue weighted by Gasteiger charge is 2.21. The van der Waals surface area contributed by atoms with Crippen molar-refractivity contribution < 1.29 is 13.9 Å². The van der Waals surface area contributed by atoms with Crippen LogP contribution in [-0.4, -0.2) is 30.1 Å². The zero-order valence-corrected chi connectivity index (χ0v) is 9.43. The monoisotopic (exact) mass is 238 g/mol. The van der Waals surface area contributed by atoms with E-state index in [0.717, 1.165) is 12.8 Å². The number of amides is 1. The van der Waals surface area contributed by atoms with Gasteiger partial charge in [0.15, 0.2) is 0 Å². The molecule has 2 N–H and O–H groups in total. The molecule has 1 aromatic carbocycles. The maximum Gasteiger partial charge on any atom is 0.415 e. The zero-order chi connectivity index (χ0) is 12.3. The van der Waals surface area contributed by atoms with Gasteiger partial charge in [0.05, 0.1) is 0 Å². The number of ether oxygens (including phenoxy) is 1. The first-order chi connectivity index (χ1) is 8.15. The standard InChI is InChI=1S/C12H15FN2O2/c13-9-2-1-3-11(8-9)17-12(16)15-6-4-10(14)5-7-15/h1-3,8,10H,4-7,14H2. The van der Waals surface area contributed by atoms with Crippen LogP contribution in [-0.2, 0) is 0 Å². The highest BCUT2D eigenvalue weighted by Crippen LogP contribution is 2.15. The number of hydrogen-bond donors (Lipinski definition) is 1. The SMILES string of the molecule is NC1CCN(C(=O)Oc2cccc(F)c2)CC1. The maximum atomic E-state index is 12.9. The molecule has 1 heterocycles. The summed E-state index contributed by atoms with van der Waals surface area (Å²) in [6.45, 7) is 1.19. The lowest BCUT2D eigenvalue weighted by Gasteiger charge is -2.29. The van der Waals surface area contributed by atoms with Crippen molar-refractivity contribution in [3.05, 3.63) is 30.1 Å². The fourth-order valence-corrected chi connectivity index (χ4v) is 1.78. The van der Waals surface area contributed by atoms with Crippen LogP contribution >= 0.6 is 0 Å². The topological polar surface area (TPSA) is 55.6 Å². The molecule has 17 heavy (non-hydrogen) atoms. The van der Waals surface area contributed by atoms with Crippen molar-refractivity contribution in [1.82, 2.24) is 4.90 Å². The van der Waals surface area contributed by atoms with E-state index in [2.05, 4.69) is 0 Å². The number of likely N-dealkylation sites (tertiary alicyclic amines) is 1. The molecular weight excluding hydrogens is 223 g/mol. The molecule has 92 valence electrons. The first kappa shape index (κ1) is 11.9. The molecule has 0 bridgehead atoms. The van der Waals surface area contributed by atoms with Crippen LogP contribution in [0.4, 0.5) is 9.18 Å². The average Bonchev–Trinajstić information content (AvgIpc) is 2.29. The molecule has 0 aromatic heterocycles. The third-order valence-electron chi connectivity index (χ3n) is 2.80. The number of nitrogens with two attached hydrogens (primary N) is 1. The number of halogens is 1. The Balaban J connectivity index is 1.93. The van der Waals surface area contributed by atoms with Crippen LogP contribution in [0.1, 0.15) is 12.8 Å². The lowest BCUT2D eigenvalue weighted by molar-refractivity contribution is 0.139. The Morgan fingerprint density at radius 1 is 1.41 bits per heavy atom. The molecule has 1 aromatic rings. The van der Waals surface area contributed by atoms with Gasteiger partial charge in [-0.1, -0.05) is 6.07 Å². The number of benzene rings is 1. The molecule has 0 unspecified atom stereocenters. The van der Waals surface area contributed by atoms with Crippen LogP contribution in [0.3, 0.4) is 0 Å². The summed E-state index contributed by atoms with van der Waals surface area (Å²) in [6.07, 6.45) is 1.11. The summed E-state index contributed by atoms with van der Waals surface area (Å²) in [5.41, 5.74) is 5.74. The molecule has 1 fully saturated rings. The molecule has 1 aliphatic rings. The number of piperidine rings is 1. The van der Waals surface area contributed by atoms with Gasteiger partial charge in [-0.15, -0.1) is 0 Å². The minimum Gasteiger partial charge on any atom is -0.410 e. The van der Waals surface area contributed by atoms with Crippen molar-refractivity contribution in [3.8, 4) is 5.75 Å². The Kier molecular flexibility index (Phi) is 3.58. The highest BCUT2D eigenvalue weighted by molar-refractivity contribution is 5.70. The van der Waals surface area contributed by atoms with Crippen LogP contribution in [0.25, 0.3) is 0 Å². The third kappa shape index (κ3) is 3.17. The second-order valence-electron chi connectivity index (χ2n) is 4.15. The lowest BCUT2D eigenvalue weighted by Crippen LogP contribution is -2.44. The molecule has 0 saturated carbocycles.